The molecule has 14 heteroatoms. The third kappa shape index (κ3) is 7.51. The maximum atomic E-state index is 14.4. The van der Waals surface area contributed by atoms with Gasteiger partial charge < -0.3 is 20.2 Å². The van der Waals surface area contributed by atoms with E-state index in [-0.39, 0.29) is 22.2 Å². The van der Waals surface area contributed by atoms with E-state index in [1.807, 2.05) is 13.8 Å². The molecule has 0 aliphatic heterocycles. The molecule has 0 saturated carbocycles. The Balaban J connectivity index is 0.000000194. The molecule has 4 aromatic heterocycles. The summed E-state index contributed by atoms with van der Waals surface area (Å²) < 4.78 is 31.6. The molecule has 0 bridgehead atoms. The number of H-pyrrole nitrogens is 2. The molecule has 12 nitrogen and oxygen atoms in total. The maximum absolute atomic E-state index is 14.4. The van der Waals surface area contributed by atoms with Crippen molar-refractivity contribution in [3.05, 3.63) is 151 Å². The molecular formula is C36H38F2N8O4. The number of nitrogens with one attached hydrogen (secondary N) is 2. The Labute approximate surface area is 286 Å². The van der Waals surface area contributed by atoms with Crippen LogP contribution in [0.4, 0.5) is 8.78 Å². The minimum atomic E-state index is -1.56. The highest BCUT2D eigenvalue weighted by Gasteiger charge is 2.32. The molecule has 6 rings (SSSR count). The lowest BCUT2D eigenvalue weighted by atomic mass is 9.89. The van der Waals surface area contributed by atoms with Gasteiger partial charge in [-0.25, -0.2) is 28.1 Å². The lowest BCUT2D eigenvalue weighted by Gasteiger charge is -2.23. The first-order chi connectivity index (χ1) is 23.6. The Morgan fingerprint density at radius 2 is 1.06 bits per heavy atom. The van der Waals surface area contributed by atoms with Crippen molar-refractivity contribution in [1.29, 1.82) is 0 Å². The van der Waals surface area contributed by atoms with Gasteiger partial charge in [0.2, 0.25) is 0 Å². The van der Waals surface area contributed by atoms with Crippen molar-refractivity contribution < 1.29 is 19.0 Å². The smallest absolute Gasteiger partial charge is 0.253 e. The van der Waals surface area contributed by atoms with Crippen LogP contribution >= 0.6 is 0 Å². The standard InChI is InChI=1S/2C18H19FN4O2/c2*1-4-12-5-6-14(15(19)7-12)18(3,25)13-9-20-23(10-13)16-8-17(24)22-11(2)21-16/h2*5-10,25H,4H2,1-3H3,(H,21,22,24)/t2*18-/m10/s1. The number of hydrogen-bond acceptors (Lipinski definition) is 8. The largest absolute Gasteiger partial charge is 0.380 e. The molecule has 6 aromatic rings. The zero-order chi connectivity index (χ0) is 36.4. The topological polar surface area (TPSA) is 168 Å². The van der Waals surface area contributed by atoms with Crippen molar-refractivity contribution in [2.45, 2.75) is 65.6 Å². The van der Waals surface area contributed by atoms with Gasteiger partial charge in [-0.15, -0.1) is 0 Å². The summed E-state index contributed by atoms with van der Waals surface area (Å²) in [5, 5.41) is 30.1. The van der Waals surface area contributed by atoms with Crippen LogP contribution in [-0.4, -0.2) is 49.7 Å². The van der Waals surface area contributed by atoms with Gasteiger partial charge in [0.15, 0.2) is 11.6 Å². The van der Waals surface area contributed by atoms with Crippen molar-refractivity contribution in [2.75, 3.05) is 0 Å². The van der Waals surface area contributed by atoms with Gasteiger partial charge in [0.05, 0.1) is 12.4 Å². The van der Waals surface area contributed by atoms with Crippen LogP contribution in [0.25, 0.3) is 11.6 Å². The number of hydrogen-bond donors (Lipinski definition) is 4. The Morgan fingerprint density at radius 1 is 0.680 bits per heavy atom. The fraction of sp³-hybridized carbons (Fsp3) is 0.278. The first-order valence-electron chi connectivity index (χ1n) is 15.9. The van der Waals surface area contributed by atoms with E-state index in [4.69, 9.17) is 0 Å². The lowest BCUT2D eigenvalue weighted by molar-refractivity contribution is 0.0974. The fourth-order valence-electron chi connectivity index (χ4n) is 5.42. The van der Waals surface area contributed by atoms with E-state index >= 15 is 0 Å². The number of aromatic amines is 2. The number of nitrogens with zero attached hydrogens (tertiary/aromatic N) is 6. The van der Waals surface area contributed by atoms with Crippen LogP contribution in [-0.2, 0) is 24.0 Å². The summed E-state index contributed by atoms with van der Waals surface area (Å²) in [6.45, 7) is 10.2. The number of aromatic nitrogens is 8. The third-order valence-corrected chi connectivity index (χ3v) is 8.38. The molecule has 4 N–H and O–H groups in total. The van der Waals surface area contributed by atoms with E-state index in [2.05, 4.69) is 30.1 Å². The Hall–Kier alpha value is -5.60. The summed E-state index contributed by atoms with van der Waals surface area (Å²) in [7, 11) is 0. The van der Waals surface area contributed by atoms with Crippen LogP contribution in [0, 0.1) is 25.5 Å². The monoisotopic (exact) mass is 684 g/mol. The summed E-state index contributed by atoms with van der Waals surface area (Å²) in [6, 6.07) is 12.2. The average Bonchev–Trinajstić information content (AvgIpc) is 3.76. The van der Waals surface area contributed by atoms with E-state index < -0.39 is 22.8 Å². The summed E-state index contributed by atoms with van der Waals surface area (Å²) in [5.74, 6) is 0.611. The van der Waals surface area contributed by atoms with Crippen LogP contribution in [0.1, 0.15) is 72.7 Å². The quantitative estimate of drug-likeness (QED) is 0.183. The highest BCUT2D eigenvalue weighted by Crippen LogP contribution is 2.33. The Morgan fingerprint density at radius 3 is 1.38 bits per heavy atom. The predicted octanol–water partition coefficient (Wildman–Crippen LogP) is 4.44. The molecule has 260 valence electrons. The van der Waals surface area contributed by atoms with Crippen molar-refractivity contribution in [1.82, 2.24) is 39.5 Å². The normalized spacial score (nSPS) is 13.6. The van der Waals surface area contributed by atoms with E-state index in [0.717, 1.165) is 11.1 Å². The van der Waals surface area contributed by atoms with E-state index in [0.29, 0.717) is 47.3 Å². The molecular weight excluding hydrogens is 646 g/mol. The first-order valence-corrected chi connectivity index (χ1v) is 15.9. The Kier molecular flexibility index (Phi) is 10.1. The maximum Gasteiger partial charge on any atom is 0.253 e. The van der Waals surface area contributed by atoms with E-state index in [1.54, 1.807) is 38.1 Å². The van der Waals surface area contributed by atoms with Gasteiger partial charge in [0, 0.05) is 46.8 Å². The number of benzene rings is 2. The van der Waals surface area contributed by atoms with Crippen molar-refractivity contribution in [3.63, 3.8) is 0 Å². The van der Waals surface area contributed by atoms with Gasteiger partial charge in [-0.2, -0.15) is 10.2 Å². The molecule has 0 saturated heterocycles. The van der Waals surface area contributed by atoms with Gasteiger partial charge in [0.25, 0.3) is 11.1 Å². The molecule has 0 aliphatic carbocycles. The van der Waals surface area contributed by atoms with E-state index in [1.165, 1.54) is 72.3 Å². The molecule has 0 spiro atoms. The zero-order valence-corrected chi connectivity index (χ0v) is 28.5. The molecule has 0 aliphatic rings. The minimum Gasteiger partial charge on any atom is -0.380 e. The van der Waals surface area contributed by atoms with Gasteiger partial charge in [-0.3, -0.25) is 9.59 Å². The fourth-order valence-corrected chi connectivity index (χ4v) is 5.42. The van der Waals surface area contributed by atoms with Gasteiger partial charge in [-0.05, 0) is 63.8 Å². The van der Waals surface area contributed by atoms with Crippen LogP contribution < -0.4 is 11.1 Å². The van der Waals surface area contributed by atoms with Crippen molar-refractivity contribution in [2.24, 2.45) is 0 Å². The zero-order valence-electron chi connectivity index (χ0n) is 28.5. The number of rotatable bonds is 8. The molecule has 2 atom stereocenters. The third-order valence-electron chi connectivity index (χ3n) is 8.38. The molecule has 4 heterocycles. The van der Waals surface area contributed by atoms with Crippen LogP contribution in [0.3, 0.4) is 0 Å². The minimum absolute atomic E-state index is 0.166. The molecule has 0 radical (unpaired) electrons. The van der Waals surface area contributed by atoms with Gasteiger partial charge in [-0.1, -0.05) is 38.1 Å². The van der Waals surface area contributed by atoms with Crippen LogP contribution in [0.5, 0.6) is 0 Å². The summed E-state index contributed by atoms with van der Waals surface area (Å²) in [4.78, 5) is 36.7. The molecule has 0 fully saturated rings. The SMILES string of the molecule is CCc1ccc([C@@](C)(O)c2cnn(-c3cc(=O)[nH]c(C)n3)c2)c(F)c1.CCc1ccc([C@](C)(O)c2cnn(-c3cc(=O)[nH]c(C)n3)c2)c(F)c1. The summed E-state index contributed by atoms with van der Waals surface area (Å²) >= 11 is 0. The molecule has 0 unspecified atom stereocenters. The lowest BCUT2D eigenvalue weighted by Crippen LogP contribution is -2.24. The number of aryl methyl sites for hydroxylation is 4. The number of halogens is 2. The van der Waals surface area contributed by atoms with Gasteiger partial charge in [0.1, 0.15) is 34.5 Å². The van der Waals surface area contributed by atoms with Crippen molar-refractivity contribution in [3.8, 4) is 11.6 Å². The average molecular weight is 685 g/mol. The highest BCUT2D eigenvalue weighted by molar-refractivity contribution is 5.38. The van der Waals surface area contributed by atoms with Crippen LogP contribution in [0.15, 0.2) is 82.9 Å². The molecule has 0 amide bonds. The van der Waals surface area contributed by atoms with Crippen molar-refractivity contribution >= 4 is 0 Å². The Bertz CT molecular complexity index is 2110. The van der Waals surface area contributed by atoms with Gasteiger partial charge >= 0.3 is 0 Å². The second-order valence-corrected chi connectivity index (χ2v) is 12.2. The predicted molar refractivity (Wildman–Crippen MR) is 182 cm³/mol. The summed E-state index contributed by atoms with van der Waals surface area (Å²) in [5.41, 5.74) is -0.883. The van der Waals surface area contributed by atoms with E-state index in [9.17, 15) is 28.6 Å². The number of aliphatic hydroxyl groups is 2. The second-order valence-electron chi connectivity index (χ2n) is 12.2. The second kappa shape index (κ2) is 14.1. The molecule has 2 aromatic carbocycles. The summed E-state index contributed by atoms with van der Waals surface area (Å²) in [6.07, 6.45) is 7.37. The first kappa shape index (κ1) is 35.7. The highest BCUT2D eigenvalue weighted by atomic mass is 19.1. The molecule has 50 heavy (non-hydrogen) atoms. The van der Waals surface area contributed by atoms with Crippen LogP contribution in [0.2, 0.25) is 0 Å².